The van der Waals surface area contributed by atoms with Crippen LogP contribution in [0.25, 0.3) is 0 Å². The van der Waals surface area contributed by atoms with Crippen LogP contribution in [0.2, 0.25) is 5.02 Å². The van der Waals surface area contributed by atoms with Crippen LogP contribution in [-0.2, 0) is 27.8 Å². The van der Waals surface area contributed by atoms with Gasteiger partial charge < -0.3 is 9.30 Å². The first kappa shape index (κ1) is 17.9. The van der Waals surface area contributed by atoms with Crippen molar-refractivity contribution < 1.29 is 17.5 Å². The van der Waals surface area contributed by atoms with Crippen molar-refractivity contribution in [3.05, 3.63) is 46.8 Å². The molecule has 0 spiro atoms. The molecule has 1 heterocycles. The smallest absolute Gasteiger partial charge is 0.242 e. The molecule has 0 unspecified atom stereocenters. The van der Waals surface area contributed by atoms with Crippen LogP contribution in [0.4, 0.5) is 4.39 Å². The summed E-state index contributed by atoms with van der Waals surface area (Å²) in [5.41, 5.74) is 0.889. The Kier molecular flexibility index (Phi) is 5.74. The molecule has 0 atom stereocenters. The second kappa shape index (κ2) is 7.39. The van der Waals surface area contributed by atoms with Crippen LogP contribution < -0.4 is 4.72 Å². The van der Waals surface area contributed by atoms with Crippen LogP contribution in [-0.4, -0.2) is 31.7 Å². The molecular weight excluding hydrogens is 345 g/mol. The van der Waals surface area contributed by atoms with Gasteiger partial charge in [0.2, 0.25) is 10.0 Å². The van der Waals surface area contributed by atoms with Crippen molar-refractivity contribution in [3.63, 3.8) is 0 Å². The van der Waals surface area contributed by atoms with Crippen molar-refractivity contribution in [3.8, 4) is 0 Å². The van der Waals surface area contributed by atoms with E-state index in [1.54, 1.807) is 24.2 Å². The molecule has 0 amide bonds. The standard InChI is InChI=1S/C14H17ClFN3O3S/c1-10-5-14(12(15)6-13(10)16)23(20,21)18-8-11-7-17-9-19(11)3-4-22-2/h5-7,9,18H,3-4,8H2,1-2H3. The van der Waals surface area contributed by atoms with Gasteiger partial charge in [0.25, 0.3) is 0 Å². The topological polar surface area (TPSA) is 73.2 Å². The van der Waals surface area contributed by atoms with E-state index >= 15 is 0 Å². The molecule has 126 valence electrons. The number of hydrogen-bond acceptors (Lipinski definition) is 4. The number of halogens is 2. The van der Waals surface area contributed by atoms with Crippen LogP contribution in [0.15, 0.2) is 29.6 Å². The van der Waals surface area contributed by atoms with E-state index in [4.69, 9.17) is 16.3 Å². The minimum Gasteiger partial charge on any atom is -0.383 e. The number of sulfonamides is 1. The van der Waals surface area contributed by atoms with Crippen molar-refractivity contribution in [1.82, 2.24) is 14.3 Å². The Labute approximate surface area is 139 Å². The maximum atomic E-state index is 13.4. The van der Waals surface area contributed by atoms with E-state index in [1.807, 2.05) is 0 Å². The molecule has 6 nitrogen and oxygen atoms in total. The molecule has 1 N–H and O–H groups in total. The monoisotopic (exact) mass is 361 g/mol. The van der Waals surface area contributed by atoms with E-state index in [2.05, 4.69) is 9.71 Å². The predicted octanol–water partition coefficient (Wildman–Crippen LogP) is 2.11. The molecule has 0 saturated heterocycles. The number of hydrogen-bond donors (Lipinski definition) is 1. The molecule has 23 heavy (non-hydrogen) atoms. The van der Waals surface area contributed by atoms with E-state index in [9.17, 15) is 12.8 Å². The lowest BCUT2D eigenvalue weighted by Gasteiger charge is -2.11. The normalized spacial score (nSPS) is 11.8. The second-order valence-corrected chi connectivity index (χ2v) is 7.07. The number of methoxy groups -OCH3 is 1. The minimum absolute atomic E-state index is 0.0405. The first-order valence-electron chi connectivity index (χ1n) is 6.78. The summed E-state index contributed by atoms with van der Waals surface area (Å²) in [5, 5.41) is -0.159. The number of ether oxygens (including phenoxy) is 1. The van der Waals surface area contributed by atoms with Crippen molar-refractivity contribution in [1.29, 1.82) is 0 Å². The fourth-order valence-electron chi connectivity index (χ4n) is 1.97. The Morgan fingerprint density at radius 1 is 1.43 bits per heavy atom. The molecule has 2 rings (SSSR count). The Morgan fingerprint density at radius 2 is 2.17 bits per heavy atom. The Bertz CT molecular complexity index is 793. The molecule has 9 heteroatoms. The van der Waals surface area contributed by atoms with Gasteiger partial charge in [0.05, 0.1) is 30.2 Å². The summed E-state index contributed by atoms with van der Waals surface area (Å²) in [6, 6.07) is 2.20. The number of aryl methyl sites for hydroxylation is 1. The van der Waals surface area contributed by atoms with Gasteiger partial charge >= 0.3 is 0 Å². The molecule has 0 aliphatic carbocycles. The van der Waals surface area contributed by atoms with Crippen molar-refractivity contribution in [2.24, 2.45) is 0 Å². The van der Waals surface area contributed by atoms with Gasteiger partial charge in [-0.25, -0.2) is 22.5 Å². The zero-order valence-electron chi connectivity index (χ0n) is 12.7. The molecule has 0 radical (unpaired) electrons. The summed E-state index contributed by atoms with van der Waals surface area (Å²) in [6.07, 6.45) is 3.16. The molecule has 0 fully saturated rings. The second-order valence-electron chi connectivity index (χ2n) is 4.93. The molecule has 0 aliphatic heterocycles. The maximum Gasteiger partial charge on any atom is 0.242 e. The molecule has 0 saturated carbocycles. The third-order valence-corrected chi connectivity index (χ3v) is 5.15. The van der Waals surface area contributed by atoms with Gasteiger partial charge in [-0.05, 0) is 24.6 Å². The number of nitrogens with one attached hydrogen (secondary N) is 1. The van der Waals surface area contributed by atoms with Gasteiger partial charge in [-0.1, -0.05) is 11.6 Å². The van der Waals surface area contributed by atoms with Crippen LogP contribution in [0.1, 0.15) is 11.3 Å². The lowest BCUT2D eigenvalue weighted by Crippen LogP contribution is -2.25. The van der Waals surface area contributed by atoms with Crippen molar-refractivity contribution in [2.75, 3.05) is 13.7 Å². The van der Waals surface area contributed by atoms with E-state index in [1.165, 1.54) is 13.0 Å². The molecule has 0 bridgehead atoms. The number of benzene rings is 1. The summed E-state index contributed by atoms with van der Waals surface area (Å²) in [4.78, 5) is 3.84. The minimum atomic E-state index is -3.86. The molecule has 2 aromatic rings. The van der Waals surface area contributed by atoms with E-state index in [0.29, 0.717) is 18.8 Å². The Morgan fingerprint density at radius 3 is 2.87 bits per heavy atom. The summed E-state index contributed by atoms with van der Waals surface area (Å²) in [7, 11) is -2.28. The van der Waals surface area contributed by atoms with Crippen molar-refractivity contribution >= 4 is 21.6 Å². The van der Waals surface area contributed by atoms with E-state index in [-0.39, 0.29) is 22.0 Å². The molecular formula is C14H17ClFN3O3S. The fourth-order valence-corrected chi connectivity index (χ4v) is 3.57. The van der Waals surface area contributed by atoms with Gasteiger partial charge in [0.1, 0.15) is 10.7 Å². The zero-order valence-corrected chi connectivity index (χ0v) is 14.3. The fraction of sp³-hybridized carbons (Fsp3) is 0.357. The average Bonchev–Trinajstić information content (AvgIpc) is 2.94. The lowest BCUT2D eigenvalue weighted by molar-refractivity contribution is 0.186. The third kappa shape index (κ3) is 4.29. The van der Waals surface area contributed by atoms with Gasteiger partial charge in [-0.2, -0.15) is 0 Å². The largest absolute Gasteiger partial charge is 0.383 e. The third-order valence-electron chi connectivity index (χ3n) is 3.28. The zero-order chi connectivity index (χ0) is 17.0. The number of nitrogens with zero attached hydrogens (tertiary/aromatic N) is 2. The number of imidazole rings is 1. The highest BCUT2D eigenvalue weighted by molar-refractivity contribution is 7.89. The van der Waals surface area contributed by atoms with Crippen LogP contribution in [0, 0.1) is 12.7 Å². The highest BCUT2D eigenvalue weighted by atomic mass is 35.5. The first-order valence-corrected chi connectivity index (χ1v) is 8.64. The SMILES string of the molecule is COCCn1cncc1CNS(=O)(=O)c1cc(C)c(F)cc1Cl. The average molecular weight is 362 g/mol. The van der Waals surface area contributed by atoms with Gasteiger partial charge in [-0.3, -0.25) is 0 Å². The highest BCUT2D eigenvalue weighted by Gasteiger charge is 2.20. The summed E-state index contributed by atoms with van der Waals surface area (Å²) < 4.78 is 47.3. The van der Waals surface area contributed by atoms with Crippen molar-refractivity contribution in [2.45, 2.75) is 24.9 Å². The summed E-state index contributed by atoms with van der Waals surface area (Å²) in [6.45, 7) is 2.56. The Hall–Kier alpha value is -1.48. The predicted molar refractivity (Wildman–Crippen MR) is 84.3 cm³/mol. The van der Waals surface area contributed by atoms with Crippen LogP contribution in [0.5, 0.6) is 0 Å². The first-order chi connectivity index (χ1) is 10.8. The quantitative estimate of drug-likeness (QED) is 0.819. The van der Waals surface area contributed by atoms with Gasteiger partial charge in [0.15, 0.2) is 0 Å². The Balaban J connectivity index is 2.17. The molecule has 1 aromatic heterocycles. The van der Waals surface area contributed by atoms with Gasteiger partial charge in [-0.15, -0.1) is 0 Å². The molecule has 1 aromatic carbocycles. The number of rotatable bonds is 7. The van der Waals surface area contributed by atoms with Crippen LogP contribution >= 0.6 is 11.6 Å². The van der Waals surface area contributed by atoms with Gasteiger partial charge in [0, 0.05) is 19.9 Å². The lowest BCUT2D eigenvalue weighted by atomic mass is 10.2. The van der Waals surface area contributed by atoms with E-state index in [0.717, 1.165) is 6.07 Å². The number of aromatic nitrogens is 2. The maximum absolute atomic E-state index is 13.4. The summed E-state index contributed by atoms with van der Waals surface area (Å²) in [5.74, 6) is -0.549. The molecule has 0 aliphatic rings. The highest BCUT2D eigenvalue weighted by Crippen LogP contribution is 2.24. The van der Waals surface area contributed by atoms with E-state index < -0.39 is 15.8 Å². The van der Waals surface area contributed by atoms with Crippen LogP contribution in [0.3, 0.4) is 0 Å². The summed E-state index contributed by atoms with van der Waals surface area (Å²) >= 11 is 5.85.